The Balaban J connectivity index is 1.82. The average Bonchev–Trinajstić information content (AvgIpc) is 2.37. The minimum atomic E-state index is 0.920. The van der Waals surface area contributed by atoms with E-state index in [1.165, 1.54) is 50.1 Å². The standard InChI is InChI=1S/C15H24N2/c1-13-4-3-5-15(12-13)17(2)11-8-14-6-9-16-10-7-14/h3-5,12,14,16H,6-11H2,1-2H3. The van der Waals surface area contributed by atoms with Crippen LogP contribution in [0.1, 0.15) is 24.8 Å². The van der Waals surface area contributed by atoms with Crippen LogP contribution >= 0.6 is 0 Å². The highest BCUT2D eigenvalue weighted by Gasteiger charge is 2.13. The number of aryl methyl sites for hydroxylation is 1. The summed E-state index contributed by atoms with van der Waals surface area (Å²) < 4.78 is 0. The van der Waals surface area contributed by atoms with Crippen molar-refractivity contribution < 1.29 is 0 Å². The van der Waals surface area contributed by atoms with E-state index < -0.39 is 0 Å². The van der Waals surface area contributed by atoms with E-state index in [4.69, 9.17) is 0 Å². The molecule has 0 radical (unpaired) electrons. The number of rotatable bonds is 4. The van der Waals surface area contributed by atoms with Crippen LogP contribution in [-0.4, -0.2) is 26.7 Å². The van der Waals surface area contributed by atoms with E-state index in [1.54, 1.807) is 0 Å². The van der Waals surface area contributed by atoms with E-state index in [0.717, 1.165) is 5.92 Å². The van der Waals surface area contributed by atoms with Crippen LogP contribution in [0.5, 0.6) is 0 Å². The average molecular weight is 232 g/mol. The molecule has 2 nitrogen and oxygen atoms in total. The van der Waals surface area contributed by atoms with Gasteiger partial charge >= 0.3 is 0 Å². The normalized spacial score (nSPS) is 17.1. The number of nitrogens with one attached hydrogen (secondary N) is 1. The number of benzene rings is 1. The van der Waals surface area contributed by atoms with Crippen molar-refractivity contribution in [1.29, 1.82) is 0 Å². The maximum Gasteiger partial charge on any atom is 0.0366 e. The van der Waals surface area contributed by atoms with Gasteiger partial charge in [0.15, 0.2) is 0 Å². The van der Waals surface area contributed by atoms with Gasteiger partial charge in [-0.3, -0.25) is 0 Å². The first-order valence-corrected chi connectivity index (χ1v) is 6.74. The monoisotopic (exact) mass is 232 g/mol. The topological polar surface area (TPSA) is 15.3 Å². The molecule has 1 aromatic carbocycles. The summed E-state index contributed by atoms with van der Waals surface area (Å²) in [6, 6.07) is 8.77. The molecular weight excluding hydrogens is 208 g/mol. The predicted octanol–water partition coefficient (Wildman–Crippen LogP) is 2.82. The van der Waals surface area contributed by atoms with Crippen LogP contribution in [0.2, 0.25) is 0 Å². The highest BCUT2D eigenvalue weighted by Crippen LogP contribution is 2.19. The van der Waals surface area contributed by atoms with Crippen molar-refractivity contribution >= 4 is 5.69 Å². The summed E-state index contributed by atoms with van der Waals surface area (Å²) in [5, 5.41) is 3.43. The van der Waals surface area contributed by atoms with Gasteiger partial charge in [-0.05, 0) is 62.9 Å². The Kier molecular flexibility index (Phi) is 4.43. The highest BCUT2D eigenvalue weighted by atomic mass is 15.1. The molecule has 1 N–H and O–H groups in total. The Morgan fingerprint density at radius 1 is 1.29 bits per heavy atom. The van der Waals surface area contributed by atoms with Crippen LogP contribution in [0.3, 0.4) is 0 Å². The second kappa shape index (κ2) is 6.06. The van der Waals surface area contributed by atoms with E-state index in [1.807, 2.05) is 0 Å². The Morgan fingerprint density at radius 3 is 2.76 bits per heavy atom. The molecule has 0 spiro atoms. The summed E-state index contributed by atoms with van der Waals surface area (Å²) in [4.78, 5) is 2.38. The van der Waals surface area contributed by atoms with Crippen LogP contribution in [-0.2, 0) is 0 Å². The lowest BCUT2D eigenvalue weighted by molar-refractivity contribution is 0.356. The van der Waals surface area contributed by atoms with Gasteiger partial charge < -0.3 is 10.2 Å². The summed E-state index contributed by atoms with van der Waals surface area (Å²) >= 11 is 0. The summed E-state index contributed by atoms with van der Waals surface area (Å²) in [5.41, 5.74) is 2.69. The molecule has 1 heterocycles. The lowest BCUT2D eigenvalue weighted by Crippen LogP contribution is -2.30. The molecule has 2 rings (SSSR count). The number of piperidine rings is 1. The van der Waals surface area contributed by atoms with Crippen molar-refractivity contribution in [3.8, 4) is 0 Å². The van der Waals surface area contributed by atoms with E-state index in [2.05, 4.69) is 48.5 Å². The minimum absolute atomic E-state index is 0.920. The highest BCUT2D eigenvalue weighted by molar-refractivity contribution is 5.47. The molecule has 1 saturated heterocycles. The SMILES string of the molecule is Cc1cccc(N(C)CCC2CCNCC2)c1. The predicted molar refractivity (Wildman–Crippen MR) is 74.7 cm³/mol. The van der Waals surface area contributed by atoms with Crippen LogP contribution in [0.4, 0.5) is 5.69 Å². The van der Waals surface area contributed by atoms with Crippen LogP contribution in [0.15, 0.2) is 24.3 Å². The fourth-order valence-electron chi connectivity index (χ4n) is 2.54. The van der Waals surface area contributed by atoms with Crippen molar-refractivity contribution in [3.05, 3.63) is 29.8 Å². The lowest BCUT2D eigenvalue weighted by Gasteiger charge is -2.26. The zero-order valence-corrected chi connectivity index (χ0v) is 11.1. The molecule has 0 unspecified atom stereocenters. The molecule has 1 aliphatic heterocycles. The van der Waals surface area contributed by atoms with Crippen LogP contribution in [0, 0.1) is 12.8 Å². The third-order valence-corrected chi connectivity index (χ3v) is 3.77. The smallest absolute Gasteiger partial charge is 0.0366 e. The largest absolute Gasteiger partial charge is 0.375 e. The molecule has 0 amide bonds. The Labute approximate surface area is 105 Å². The third-order valence-electron chi connectivity index (χ3n) is 3.77. The van der Waals surface area contributed by atoms with E-state index >= 15 is 0 Å². The zero-order chi connectivity index (χ0) is 12.1. The number of hydrogen-bond acceptors (Lipinski definition) is 2. The Bertz CT molecular complexity index is 343. The first kappa shape index (κ1) is 12.4. The molecule has 0 aliphatic carbocycles. The molecule has 17 heavy (non-hydrogen) atoms. The van der Waals surface area contributed by atoms with Gasteiger partial charge in [-0.2, -0.15) is 0 Å². The molecule has 0 aromatic heterocycles. The van der Waals surface area contributed by atoms with Crippen LogP contribution in [0.25, 0.3) is 0 Å². The van der Waals surface area contributed by atoms with Gasteiger partial charge in [0.1, 0.15) is 0 Å². The number of anilines is 1. The van der Waals surface area contributed by atoms with Gasteiger partial charge in [-0.25, -0.2) is 0 Å². The number of hydrogen-bond donors (Lipinski definition) is 1. The van der Waals surface area contributed by atoms with Crippen molar-refractivity contribution in [2.24, 2.45) is 5.92 Å². The van der Waals surface area contributed by atoms with Gasteiger partial charge in [0.05, 0.1) is 0 Å². The first-order valence-electron chi connectivity index (χ1n) is 6.74. The van der Waals surface area contributed by atoms with Gasteiger partial charge in [-0.1, -0.05) is 12.1 Å². The molecule has 0 bridgehead atoms. The second-order valence-corrected chi connectivity index (χ2v) is 5.24. The van der Waals surface area contributed by atoms with Gasteiger partial charge in [0.2, 0.25) is 0 Å². The maximum atomic E-state index is 3.43. The molecule has 2 heteroatoms. The Hall–Kier alpha value is -1.02. The second-order valence-electron chi connectivity index (χ2n) is 5.24. The van der Waals surface area contributed by atoms with E-state index in [0.29, 0.717) is 0 Å². The maximum absolute atomic E-state index is 3.43. The summed E-state index contributed by atoms with van der Waals surface area (Å²) in [6.45, 7) is 5.75. The van der Waals surface area contributed by atoms with E-state index in [9.17, 15) is 0 Å². The Morgan fingerprint density at radius 2 is 2.06 bits per heavy atom. The first-order chi connectivity index (χ1) is 8.25. The molecule has 1 aromatic rings. The molecular formula is C15H24N2. The fraction of sp³-hybridized carbons (Fsp3) is 0.600. The van der Waals surface area contributed by atoms with Crippen molar-refractivity contribution in [1.82, 2.24) is 5.32 Å². The lowest BCUT2D eigenvalue weighted by atomic mass is 9.94. The fourth-order valence-corrected chi connectivity index (χ4v) is 2.54. The zero-order valence-electron chi connectivity index (χ0n) is 11.1. The third kappa shape index (κ3) is 3.74. The minimum Gasteiger partial charge on any atom is -0.375 e. The van der Waals surface area contributed by atoms with Gasteiger partial charge in [0, 0.05) is 19.3 Å². The van der Waals surface area contributed by atoms with E-state index in [-0.39, 0.29) is 0 Å². The molecule has 0 atom stereocenters. The van der Waals surface area contributed by atoms with Gasteiger partial charge in [-0.15, -0.1) is 0 Å². The molecule has 94 valence electrons. The molecule has 1 aliphatic rings. The van der Waals surface area contributed by atoms with Crippen molar-refractivity contribution in [3.63, 3.8) is 0 Å². The molecule has 1 fully saturated rings. The summed E-state index contributed by atoms with van der Waals surface area (Å²) in [7, 11) is 2.20. The van der Waals surface area contributed by atoms with Crippen molar-refractivity contribution in [2.45, 2.75) is 26.2 Å². The molecule has 0 saturated carbocycles. The summed E-state index contributed by atoms with van der Waals surface area (Å²) in [5.74, 6) is 0.920. The van der Waals surface area contributed by atoms with Gasteiger partial charge in [0.25, 0.3) is 0 Å². The summed E-state index contributed by atoms with van der Waals surface area (Å²) in [6.07, 6.45) is 4.02. The van der Waals surface area contributed by atoms with Crippen molar-refractivity contribution in [2.75, 3.05) is 31.6 Å². The quantitative estimate of drug-likeness (QED) is 0.858. The van der Waals surface area contributed by atoms with Crippen LogP contribution < -0.4 is 10.2 Å². The number of nitrogens with zero attached hydrogens (tertiary/aromatic N) is 1.